The number of halogens is 1. The van der Waals surface area contributed by atoms with Gasteiger partial charge in [-0.2, -0.15) is 0 Å². The maximum atomic E-state index is 10.9. The van der Waals surface area contributed by atoms with Crippen molar-refractivity contribution in [1.29, 1.82) is 0 Å². The second kappa shape index (κ2) is 5.38. The summed E-state index contributed by atoms with van der Waals surface area (Å²) >= 11 is 7.16. The van der Waals surface area contributed by atoms with E-state index in [0.29, 0.717) is 9.90 Å². The van der Waals surface area contributed by atoms with Gasteiger partial charge in [0.1, 0.15) is 4.88 Å². The molecule has 0 amide bonds. The molecule has 0 atom stereocenters. The highest BCUT2D eigenvalue weighted by Gasteiger charge is 2.10. The number of carbonyl (C=O) groups is 1. The number of hydrogen-bond acceptors (Lipinski definition) is 2. The zero-order valence-corrected chi connectivity index (χ0v) is 11.3. The summed E-state index contributed by atoms with van der Waals surface area (Å²) in [5.74, 6) is -0.875. The molecular formula is C14H11ClO2S. The summed E-state index contributed by atoms with van der Waals surface area (Å²) in [4.78, 5) is 12.2. The summed E-state index contributed by atoms with van der Waals surface area (Å²) in [6.07, 6.45) is 3.82. The minimum absolute atomic E-state index is 0.390. The Hall–Kier alpha value is -1.58. The third-order valence-corrected chi connectivity index (χ3v) is 3.85. The van der Waals surface area contributed by atoms with Crippen LogP contribution in [0.4, 0.5) is 0 Å². The highest BCUT2D eigenvalue weighted by molar-refractivity contribution is 7.15. The van der Waals surface area contributed by atoms with Gasteiger partial charge in [-0.1, -0.05) is 29.8 Å². The fourth-order valence-corrected chi connectivity index (χ4v) is 2.70. The van der Waals surface area contributed by atoms with E-state index in [9.17, 15) is 4.79 Å². The van der Waals surface area contributed by atoms with Gasteiger partial charge in [-0.25, -0.2) is 4.79 Å². The number of hydrogen-bond donors (Lipinski definition) is 1. The smallest absolute Gasteiger partial charge is 0.346 e. The lowest BCUT2D eigenvalue weighted by molar-refractivity contribution is 0.0701. The molecule has 92 valence electrons. The van der Waals surface area contributed by atoms with Crippen molar-refractivity contribution < 1.29 is 9.90 Å². The standard InChI is InChI=1S/C14H11ClO2S/c1-9-7-12(18-13(9)14(16)17)6-5-10-3-2-4-11(15)8-10/h2-8H,1H3,(H,16,17). The highest BCUT2D eigenvalue weighted by Crippen LogP contribution is 2.24. The topological polar surface area (TPSA) is 37.3 Å². The molecule has 0 aliphatic heterocycles. The van der Waals surface area contributed by atoms with Crippen LogP contribution in [0.25, 0.3) is 12.2 Å². The van der Waals surface area contributed by atoms with E-state index >= 15 is 0 Å². The van der Waals surface area contributed by atoms with Gasteiger partial charge in [-0.15, -0.1) is 11.3 Å². The molecule has 0 unspecified atom stereocenters. The number of rotatable bonds is 3. The summed E-state index contributed by atoms with van der Waals surface area (Å²) in [7, 11) is 0. The fourth-order valence-electron chi connectivity index (χ4n) is 1.59. The predicted molar refractivity (Wildman–Crippen MR) is 76.4 cm³/mol. The third-order valence-electron chi connectivity index (χ3n) is 2.42. The number of thiophene rings is 1. The van der Waals surface area contributed by atoms with E-state index in [1.54, 1.807) is 6.92 Å². The van der Waals surface area contributed by atoms with Crippen molar-refractivity contribution in [2.24, 2.45) is 0 Å². The van der Waals surface area contributed by atoms with E-state index in [1.807, 2.05) is 42.5 Å². The van der Waals surface area contributed by atoms with E-state index in [1.165, 1.54) is 11.3 Å². The van der Waals surface area contributed by atoms with Crippen LogP contribution in [0.5, 0.6) is 0 Å². The average molecular weight is 279 g/mol. The number of carboxylic acids is 1. The SMILES string of the molecule is Cc1cc(C=Cc2cccc(Cl)c2)sc1C(=O)O. The Balaban J connectivity index is 2.24. The van der Waals surface area contributed by atoms with Crippen molar-refractivity contribution in [2.45, 2.75) is 6.92 Å². The van der Waals surface area contributed by atoms with Crippen LogP contribution >= 0.6 is 22.9 Å². The summed E-state index contributed by atoms with van der Waals surface area (Å²) in [6, 6.07) is 9.37. The van der Waals surface area contributed by atoms with Gasteiger partial charge < -0.3 is 5.11 Å². The lowest BCUT2D eigenvalue weighted by Crippen LogP contribution is -1.93. The molecule has 4 heteroatoms. The molecule has 1 aromatic heterocycles. The Labute approximate surface area is 114 Å². The molecule has 18 heavy (non-hydrogen) atoms. The lowest BCUT2D eigenvalue weighted by Gasteiger charge is -1.93. The Morgan fingerprint density at radius 1 is 1.33 bits per heavy atom. The van der Waals surface area contributed by atoms with Crippen molar-refractivity contribution in [3.05, 3.63) is 56.2 Å². The third kappa shape index (κ3) is 3.00. The quantitative estimate of drug-likeness (QED) is 0.892. The zero-order valence-electron chi connectivity index (χ0n) is 9.68. The number of benzene rings is 1. The first-order chi connectivity index (χ1) is 8.56. The zero-order chi connectivity index (χ0) is 13.1. The van der Waals surface area contributed by atoms with Crippen LogP contribution in [0, 0.1) is 6.92 Å². The monoisotopic (exact) mass is 278 g/mol. The van der Waals surface area contributed by atoms with Gasteiger partial charge >= 0.3 is 5.97 Å². The molecule has 1 heterocycles. The van der Waals surface area contributed by atoms with Crippen molar-refractivity contribution in [2.75, 3.05) is 0 Å². The molecule has 0 saturated carbocycles. The van der Waals surface area contributed by atoms with E-state index in [4.69, 9.17) is 16.7 Å². The maximum Gasteiger partial charge on any atom is 0.346 e. The summed E-state index contributed by atoms with van der Waals surface area (Å²) < 4.78 is 0. The molecule has 1 N–H and O–H groups in total. The van der Waals surface area contributed by atoms with Crippen LogP contribution in [0.15, 0.2) is 30.3 Å². The van der Waals surface area contributed by atoms with Crippen molar-refractivity contribution >= 4 is 41.1 Å². The minimum atomic E-state index is -0.875. The molecule has 0 bridgehead atoms. The molecule has 2 aromatic rings. The van der Waals surface area contributed by atoms with Crippen LogP contribution in [0.1, 0.15) is 25.7 Å². The van der Waals surface area contributed by atoms with E-state index in [0.717, 1.165) is 16.0 Å². The van der Waals surface area contributed by atoms with Gasteiger partial charge in [-0.05, 0) is 42.3 Å². The van der Waals surface area contributed by atoms with Crippen LogP contribution in [-0.2, 0) is 0 Å². The number of carboxylic acid groups (broad SMARTS) is 1. The van der Waals surface area contributed by atoms with E-state index in [2.05, 4.69) is 0 Å². The highest BCUT2D eigenvalue weighted by atomic mass is 35.5. The van der Waals surface area contributed by atoms with Crippen LogP contribution in [0.3, 0.4) is 0 Å². The second-order valence-electron chi connectivity index (χ2n) is 3.85. The Kier molecular flexibility index (Phi) is 3.84. The molecule has 0 spiro atoms. The second-order valence-corrected chi connectivity index (χ2v) is 5.37. The predicted octanol–water partition coefficient (Wildman–Crippen LogP) is 4.58. The summed E-state index contributed by atoms with van der Waals surface area (Å²) in [5, 5.41) is 9.66. The molecule has 0 radical (unpaired) electrons. The molecule has 2 nitrogen and oxygen atoms in total. The van der Waals surface area contributed by atoms with Crippen LogP contribution in [-0.4, -0.2) is 11.1 Å². The van der Waals surface area contributed by atoms with Crippen LogP contribution < -0.4 is 0 Å². The molecule has 0 saturated heterocycles. The van der Waals surface area contributed by atoms with Gasteiger partial charge in [0.2, 0.25) is 0 Å². The Morgan fingerprint density at radius 2 is 2.11 bits per heavy atom. The van der Waals surface area contributed by atoms with E-state index in [-0.39, 0.29) is 0 Å². The van der Waals surface area contributed by atoms with Crippen molar-refractivity contribution in [3.63, 3.8) is 0 Å². The maximum absolute atomic E-state index is 10.9. The first-order valence-electron chi connectivity index (χ1n) is 5.33. The Morgan fingerprint density at radius 3 is 2.72 bits per heavy atom. The van der Waals surface area contributed by atoms with Crippen molar-refractivity contribution in [3.8, 4) is 0 Å². The molecule has 1 aromatic carbocycles. The van der Waals surface area contributed by atoms with Gasteiger partial charge in [0.25, 0.3) is 0 Å². The fraction of sp³-hybridized carbons (Fsp3) is 0.0714. The van der Waals surface area contributed by atoms with Crippen LogP contribution in [0.2, 0.25) is 5.02 Å². The van der Waals surface area contributed by atoms with E-state index < -0.39 is 5.97 Å². The molecule has 0 aliphatic rings. The Bertz CT molecular complexity index is 614. The first kappa shape index (κ1) is 12.9. The largest absolute Gasteiger partial charge is 0.477 e. The minimum Gasteiger partial charge on any atom is -0.477 e. The lowest BCUT2D eigenvalue weighted by atomic mass is 10.2. The molecular weight excluding hydrogens is 268 g/mol. The van der Waals surface area contributed by atoms with Gasteiger partial charge in [-0.3, -0.25) is 0 Å². The summed E-state index contributed by atoms with van der Waals surface area (Å²) in [5.41, 5.74) is 1.78. The van der Waals surface area contributed by atoms with Crippen molar-refractivity contribution in [1.82, 2.24) is 0 Å². The molecule has 2 rings (SSSR count). The van der Waals surface area contributed by atoms with Gasteiger partial charge in [0.05, 0.1) is 0 Å². The summed E-state index contributed by atoms with van der Waals surface area (Å²) in [6.45, 7) is 1.80. The van der Waals surface area contributed by atoms with Gasteiger partial charge in [0, 0.05) is 9.90 Å². The average Bonchev–Trinajstić information content (AvgIpc) is 2.68. The molecule has 0 aliphatic carbocycles. The normalized spacial score (nSPS) is 11.0. The molecule has 0 fully saturated rings. The number of aryl methyl sites for hydroxylation is 1. The number of aromatic carboxylic acids is 1. The first-order valence-corrected chi connectivity index (χ1v) is 6.53. The van der Waals surface area contributed by atoms with Gasteiger partial charge in [0.15, 0.2) is 0 Å².